The predicted molar refractivity (Wildman–Crippen MR) is 70.8 cm³/mol. The second-order valence-corrected chi connectivity index (χ2v) is 6.23. The summed E-state index contributed by atoms with van der Waals surface area (Å²) < 4.78 is 0. The van der Waals surface area contributed by atoms with Crippen molar-refractivity contribution in [2.75, 3.05) is 20.1 Å². The van der Waals surface area contributed by atoms with Crippen molar-refractivity contribution in [2.45, 2.75) is 24.5 Å². The Morgan fingerprint density at radius 2 is 2.11 bits per heavy atom. The van der Waals surface area contributed by atoms with Crippen LogP contribution < -0.4 is 0 Å². The summed E-state index contributed by atoms with van der Waals surface area (Å²) in [5, 5.41) is 9.59. The molecule has 19 heavy (non-hydrogen) atoms. The smallest absolute Gasteiger partial charge is 0.325 e. The van der Waals surface area contributed by atoms with E-state index >= 15 is 0 Å². The Morgan fingerprint density at radius 3 is 2.68 bits per heavy atom. The molecule has 2 saturated heterocycles. The van der Waals surface area contributed by atoms with Gasteiger partial charge in [-0.25, -0.2) is 0 Å². The van der Waals surface area contributed by atoms with Crippen LogP contribution in [0.3, 0.4) is 0 Å². The molecule has 2 aliphatic heterocycles. The third kappa shape index (κ3) is 1.38. The molecule has 1 aromatic carbocycles. The van der Waals surface area contributed by atoms with E-state index in [0.29, 0.717) is 17.5 Å². The fourth-order valence-electron chi connectivity index (χ4n) is 4.27. The molecule has 1 spiro atoms. The SMILES string of the molecule is CN1CC2N(C(C(=O)O)c3ccccc3)C[C@]23C[C@@H]13. The number of likely N-dealkylation sites (N-methyl/N-ethyl adjacent to an activating group) is 1. The van der Waals surface area contributed by atoms with E-state index < -0.39 is 12.0 Å². The van der Waals surface area contributed by atoms with Crippen LogP contribution in [0.2, 0.25) is 0 Å². The fourth-order valence-corrected chi connectivity index (χ4v) is 4.27. The molecule has 3 fully saturated rings. The van der Waals surface area contributed by atoms with Crippen LogP contribution >= 0.6 is 0 Å². The average Bonchev–Trinajstić information content (AvgIpc) is 3.09. The van der Waals surface area contributed by atoms with Gasteiger partial charge in [-0.15, -0.1) is 0 Å². The van der Waals surface area contributed by atoms with Gasteiger partial charge in [-0.3, -0.25) is 9.69 Å². The molecule has 3 aliphatic rings. The van der Waals surface area contributed by atoms with Gasteiger partial charge in [-0.1, -0.05) is 30.3 Å². The van der Waals surface area contributed by atoms with Crippen molar-refractivity contribution >= 4 is 5.97 Å². The molecule has 100 valence electrons. The van der Waals surface area contributed by atoms with Crippen molar-refractivity contribution in [3.05, 3.63) is 35.9 Å². The lowest BCUT2D eigenvalue weighted by Gasteiger charge is -2.49. The van der Waals surface area contributed by atoms with Crippen molar-refractivity contribution in [3.8, 4) is 0 Å². The summed E-state index contributed by atoms with van der Waals surface area (Å²) in [5.41, 5.74) is 1.33. The second-order valence-electron chi connectivity index (χ2n) is 6.23. The first-order valence-electron chi connectivity index (χ1n) is 6.87. The van der Waals surface area contributed by atoms with Gasteiger partial charge in [-0.2, -0.15) is 0 Å². The number of carboxylic acids is 1. The van der Waals surface area contributed by atoms with Crippen LogP contribution in [-0.4, -0.2) is 53.1 Å². The molecule has 0 radical (unpaired) electrons. The number of aliphatic carboxylic acids is 1. The highest BCUT2D eigenvalue weighted by molar-refractivity contribution is 5.76. The summed E-state index contributed by atoms with van der Waals surface area (Å²) in [6, 6.07) is 10.3. The van der Waals surface area contributed by atoms with Crippen molar-refractivity contribution in [1.82, 2.24) is 9.80 Å². The number of carbonyl (C=O) groups is 1. The van der Waals surface area contributed by atoms with E-state index in [4.69, 9.17) is 0 Å². The Morgan fingerprint density at radius 1 is 1.37 bits per heavy atom. The highest BCUT2D eigenvalue weighted by Crippen LogP contribution is 2.65. The Hall–Kier alpha value is -1.39. The maximum atomic E-state index is 11.7. The number of nitrogens with zero attached hydrogens (tertiary/aromatic N) is 2. The van der Waals surface area contributed by atoms with Crippen molar-refractivity contribution in [1.29, 1.82) is 0 Å². The molecular weight excluding hydrogens is 240 g/mol. The fraction of sp³-hybridized carbons (Fsp3) is 0.533. The Kier molecular flexibility index (Phi) is 2.16. The zero-order chi connectivity index (χ0) is 13.2. The van der Waals surface area contributed by atoms with Crippen LogP contribution in [0.5, 0.6) is 0 Å². The lowest BCUT2D eigenvalue weighted by molar-refractivity contribution is -0.150. The number of hydrogen-bond acceptors (Lipinski definition) is 3. The summed E-state index contributed by atoms with van der Waals surface area (Å²) in [7, 11) is 2.16. The molecule has 2 heterocycles. The molecule has 1 aliphatic carbocycles. The topological polar surface area (TPSA) is 43.8 Å². The first kappa shape index (κ1) is 11.4. The maximum absolute atomic E-state index is 11.7. The molecule has 2 unspecified atom stereocenters. The lowest BCUT2D eigenvalue weighted by atomic mass is 9.83. The van der Waals surface area contributed by atoms with Crippen LogP contribution in [0.1, 0.15) is 18.0 Å². The molecule has 0 amide bonds. The molecule has 0 aromatic heterocycles. The molecule has 0 bridgehead atoms. The van der Waals surface area contributed by atoms with Gasteiger partial charge in [0.05, 0.1) is 0 Å². The first-order valence-corrected chi connectivity index (χ1v) is 6.87. The van der Waals surface area contributed by atoms with E-state index in [2.05, 4.69) is 16.8 Å². The quantitative estimate of drug-likeness (QED) is 0.885. The van der Waals surface area contributed by atoms with Gasteiger partial charge >= 0.3 is 5.97 Å². The minimum Gasteiger partial charge on any atom is -0.480 e. The van der Waals surface area contributed by atoms with E-state index in [-0.39, 0.29) is 0 Å². The number of carboxylic acid groups (broad SMARTS) is 1. The lowest BCUT2D eigenvalue weighted by Crippen LogP contribution is -2.60. The summed E-state index contributed by atoms with van der Waals surface area (Å²) >= 11 is 0. The van der Waals surface area contributed by atoms with Gasteiger partial charge in [0, 0.05) is 30.6 Å². The van der Waals surface area contributed by atoms with Crippen LogP contribution in [0.25, 0.3) is 0 Å². The maximum Gasteiger partial charge on any atom is 0.325 e. The Bertz CT molecular complexity index is 532. The average molecular weight is 258 g/mol. The highest BCUT2D eigenvalue weighted by atomic mass is 16.4. The van der Waals surface area contributed by atoms with E-state index in [0.717, 1.165) is 18.7 Å². The number of hydrogen-bond donors (Lipinski definition) is 1. The molecule has 4 heteroatoms. The molecular formula is C15H18N2O2. The third-order valence-electron chi connectivity index (χ3n) is 5.29. The van der Waals surface area contributed by atoms with E-state index in [1.54, 1.807) is 0 Å². The molecule has 1 aromatic rings. The molecule has 4 nitrogen and oxygen atoms in total. The van der Waals surface area contributed by atoms with Gasteiger partial charge in [0.2, 0.25) is 0 Å². The molecule has 1 N–H and O–H groups in total. The summed E-state index contributed by atoms with van der Waals surface area (Å²) in [6.07, 6.45) is 1.26. The number of benzene rings is 1. The van der Waals surface area contributed by atoms with E-state index in [1.165, 1.54) is 6.42 Å². The zero-order valence-corrected chi connectivity index (χ0v) is 11.0. The molecule has 4 rings (SSSR count). The Labute approximate surface area is 112 Å². The number of piperidine rings is 1. The summed E-state index contributed by atoms with van der Waals surface area (Å²) in [4.78, 5) is 16.2. The largest absolute Gasteiger partial charge is 0.480 e. The normalized spacial score (nSPS) is 38.2. The zero-order valence-electron chi connectivity index (χ0n) is 11.0. The minimum atomic E-state index is -0.729. The second kappa shape index (κ2) is 3.58. The van der Waals surface area contributed by atoms with Crippen molar-refractivity contribution in [2.24, 2.45) is 5.41 Å². The monoisotopic (exact) mass is 258 g/mol. The van der Waals surface area contributed by atoms with Crippen molar-refractivity contribution < 1.29 is 9.90 Å². The summed E-state index contributed by atoms with van der Waals surface area (Å²) in [6.45, 7) is 1.96. The highest BCUT2D eigenvalue weighted by Gasteiger charge is 2.74. The predicted octanol–water partition coefficient (Wildman–Crippen LogP) is 1.20. The van der Waals surface area contributed by atoms with E-state index in [1.807, 2.05) is 30.3 Å². The number of likely N-dealkylation sites (tertiary alicyclic amines) is 2. The first-order chi connectivity index (χ1) is 9.13. The van der Waals surface area contributed by atoms with Crippen molar-refractivity contribution in [3.63, 3.8) is 0 Å². The minimum absolute atomic E-state index is 0.428. The Balaban J connectivity index is 1.63. The van der Waals surface area contributed by atoms with Crippen LogP contribution in [-0.2, 0) is 4.79 Å². The van der Waals surface area contributed by atoms with E-state index in [9.17, 15) is 9.90 Å². The van der Waals surface area contributed by atoms with Gasteiger partial charge < -0.3 is 10.0 Å². The third-order valence-corrected chi connectivity index (χ3v) is 5.29. The molecule has 1 saturated carbocycles. The van der Waals surface area contributed by atoms with Gasteiger partial charge in [0.1, 0.15) is 6.04 Å². The van der Waals surface area contributed by atoms with Gasteiger partial charge in [0.15, 0.2) is 0 Å². The van der Waals surface area contributed by atoms with Gasteiger partial charge in [-0.05, 0) is 19.0 Å². The van der Waals surface area contributed by atoms with Gasteiger partial charge in [0.25, 0.3) is 0 Å². The van der Waals surface area contributed by atoms with Crippen LogP contribution in [0.15, 0.2) is 30.3 Å². The van der Waals surface area contributed by atoms with Crippen LogP contribution in [0.4, 0.5) is 0 Å². The number of rotatable bonds is 3. The molecule has 4 atom stereocenters. The van der Waals surface area contributed by atoms with Crippen LogP contribution in [0, 0.1) is 5.41 Å². The standard InChI is InChI=1S/C15H18N2O2/c1-16-8-12-15(7-11(15)16)9-17(12)13(14(18)19)10-5-3-2-4-6-10/h2-6,11-13H,7-9H2,1H3,(H,18,19)/t11-,12?,13?,15+/m1/s1. The summed E-state index contributed by atoms with van der Waals surface area (Å²) in [5.74, 6) is -0.729.